The molecular formula is C18H22N2O2. The van der Waals surface area contributed by atoms with Gasteiger partial charge in [-0.3, -0.25) is 0 Å². The Morgan fingerprint density at radius 1 is 1.23 bits per heavy atom. The molecular weight excluding hydrogens is 276 g/mol. The van der Waals surface area contributed by atoms with Gasteiger partial charge in [0.25, 0.3) is 0 Å². The zero-order chi connectivity index (χ0) is 16.7. The van der Waals surface area contributed by atoms with Crippen LogP contribution >= 0.6 is 0 Å². The van der Waals surface area contributed by atoms with Gasteiger partial charge in [0.1, 0.15) is 23.3 Å². The van der Waals surface area contributed by atoms with E-state index in [0.29, 0.717) is 11.4 Å². The van der Waals surface area contributed by atoms with E-state index in [-0.39, 0.29) is 5.75 Å². The second-order valence-electron chi connectivity index (χ2n) is 5.58. The first kappa shape index (κ1) is 17.5. The number of hydrogen-bond donors (Lipinski definition) is 1. The number of nitrogens with zero attached hydrogens (tertiary/aromatic N) is 2. The van der Waals surface area contributed by atoms with Crippen LogP contribution in [0.2, 0.25) is 0 Å². The van der Waals surface area contributed by atoms with Gasteiger partial charge in [-0.2, -0.15) is 5.26 Å². The fourth-order valence-electron chi connectivity index (χ4n) is 1.87. The highest BCUT2D eigenvalue weighted by atomic mass is 16.5. The number of pyridine rings is 1. The molecule has 1 heterocycles. The normalized spacial score (nSPS) is 9.68. The molecule has 1 N–H and O–H groups in total. The number of ether oxygens (including phenoxy) is 1. The first-order valence-corrected chi connectivity index (χ1v) is 7.13. The number of phenolic OH excluding ortho intramolecular Hbond substituents is 1. The lowest BCUT2D eigenvalue weighted by molar-refractivity contribution is 0.409. The van der Waals surface area contributed by atoms with Crippen molar-refractivity contribution in [2.24, 2.45) is 5.92 Å². The standard InChI is InChI=1S/C14H12N2O2.C4H10/c1-9-5-6-16-12(8-15)14(9)11-4-3-10(17)7-13(11)18-2;1-4(2)3/h3-7,17H,1-2H3;4H,1-3H3. The number of aryl methyl sites for hydroxylation is 1. The molecule has 0 bridgehead atoms. The zero-order valence-electron chi connectivity index (χ0n) is 13.7. The van der Waals surface area contributed by atoms with Crippen molar-refractivity contribution >= 4 is 0 Å². The summed E-state index contributed by atoms with van der Waals surface area (Å²) in [6.45, 7) is 8.41. The van der Waals surface area contributed by atoms with Gasteiger partial charge in [0.15, 0.2) is 0 Å². The number of nitriles is 1. The number of aromatic nitrogens is 1. The molecule has 0 saturated heterocycles. The van der Waals surface area contributed by atoms with Crippen LogP contribution in [-0.2, 0) is 0 Å². The van der Waals surface area contributed by atoms with E-state index in [4.69, 9.17) is 10.00 Å². The maximum atomic E-state index is 9.45. The fourth-order valence-corrected chi connectivity index (χ4v) is 1.87. The smallest absolute Gasteiger partial charge is 0.148 e. The van der Waals surface area contributed by atoms with Gasteiger partial charge in [-0.1, -0.05) is 20.8 Å². The largest absolute Gasteiger partial charge is 0.508 e. The Kier molecular flexibility index (Phi) is 6.40. The first-order valence-electron chi connectivity index (χ1n) is 7.13. The van der Waals surface area contributed by atoms with Crippen molar-refractivity contribution < 1.29 is 9.84 Å². The maximum Gasteiger partial charge on any atom is 0.148 e. The van der Waals surface area contributed by atoms with Crippen molar-refractivity contribution in [1.29, 1.82) is 5.26 Å². The molecule has 4 nitrogen and oxygen atoms in total. The topological polar surface area (TPSA) is 66.1 Å². The number of rotatable bonds is 2. The van der Waals surface area contributed by atoms with Gasteiger partial charge in [0, 0.05) is 23.4 Å². The van der Waals surface area contributed by atoms with E-state index in [1.165, 1.54) is 13.2 Å². The molecule has 0 aliphatic rings. The van der Waals surface area contributed by atoms with E-state index < -0.39 is 0 Å². The fraction of sp³-hybridized carbons (Fsp3) is 0.333. The van der Waals surface area contributed by atoms with Crippen molar-refractivity contribution in [3.05, 3.63) is 41.7 Å². The van der Waals surface area contributed by atoms with Crippen LogP contribution in [-0.4, -0.2) is 17.2 Å². The Bertz CT molecular complexity index is 671. The summed E-state index contributed by atoms with van der Waals surface area (Å²) in [5.74, 6) is 1.47. The summed E-state index contributed by atoms with van der Waals surface area (Å²) in [7, 11) is 1.52. The Balaban J connectivity index is 0.000000541. The summed E-state index contributed by atoms with van der Waals surface area (Å²) >= 11 is 0. The molecule has 2 rings (SSSR count). The van der Waals surface area contributed by atoms with Crippen LogP contribution in [0.15, 0.2) is 30.5 Å². The molecule has 0 spiro atoms. The van der Waals surface area contributed by atoms with Gasteiger partial charge in [-0.25, -0.2) is 4.98 Å². The maximum absolute atomic E-state index is 9.45. The van der Waals surface area contributed by atoms with Crippen LogP contribution in [0.3, 0.4) is 0 Å². The lowest BCUT2D eigenvalue weighted by atomic mass is 9.98. The van der Waals surface area contributed by atoms with E-state index >= 15 is 0 Å². The molecule has 0 saturated carbocycles. The average Bonchev–Trinajstić information content (AvgIpc) is 2.46. The van der Waals surface area contributed by atoms with Crippen LogP contribution in [0.5, 0.6) is 11.5 Å². The van der Waals surface area contributed by atoms with Crippen molar-refractivity contribution in [1.82, 2.24) is 4.98 Å². The van der Waals surface area contributed by atoms with Gasteiger partial charge in [-0.05, 0) is 36.6 Å². The van der Waals surface area contributed by atoms with E-state index in [9.17, 15) is 5.11 Å². The van der Waals surface area contributed by atoms with E-state index in [1.807, 2.05) is 13.0 Å². The van der Waals surface area contributed by atoms with Gasteiger partial charge in [0.2, 0.25) is 0 Å². The molecule has 1 aromatic heterocycles. The molecule has 0 atom stereocenters. The highest BCUT2D eigenvalue weighted by molar-refractivity contribution is 5.77. The first-order chi connectivity index (χ1) is 10.4. The highest BCUT2D eigenvalue weighted by Gasteiger charge is 2.14. The molecule has 22 heavy (non-hydrogen) atoms. The molecule has 0 fully saturated rings. The molecule has 0 unspecified atom stereocenters. The van der Waals surface area contributed by atoms with Crippen LogP contribution in [0, 0.1) is 24.2 Å². The molecule has 0 aliphatic heterocycles. The van der Waals surface area contributed by atoms with Crippen LogP contribution < -0.4 is 4.74 Å². The average molecular weight is 298 g/mol. The highest BCUT2D eigenvalue weighted by Crippen LogP contribution is 2.35. The minimum absolute atomic E-state index is 0.121. The van der Waals surface area contributed by atoms with Crippen molar-refractivity contribution in [2.75, 3.05) is 7.11 Å². The Labute approximate surface area is 132 Å². The Morgan fingerprint density at radius 3 is 2.41 bits per heavy atom. The second-order valence-corrected chi connectivity index (χ2v) is 5.58. The van der Waals surface area contributed by atoms with E-state index in [0.717, 1.165) is 22.6 Å². The summed E-state index contributed by atoms with van der Waals surface area (Å²) in [6.07, 6.45) is 1.60. The summed E-state index contributed by atoms with van der Waals surface area (Å²) in [4.78, 5) is 4.05. The van der Waals surface area contributed by atoms with Crippen molar-refractivity contribution in [2.45, 2.75) is 27.7 Å². The summed E-state index contributed by atoms with van der Waals surface area (Å²) in [5.41, 5.74) is 2.76. The van der Waals surface area contributed by atoms with Gasteiger partial charge >= 0.3 is 0 Å². The molecule has 0 radical (unpaired) electrons. The summed E-state index contributed by atoms with van der Waals surface area (Å²) < 4.78 is 5.24. The number of aromatic hydroxyl groups is 1. The SMILES string of the molecule is CC(C)C.COc1cc(O)ccc1-c1c(C)ccnc1C#N. The number of phenols is 1. The lowest BCUT2D eigenvalue weighted by Crippen LogP contribution is -1.95. The quantitative estimate of drug-likeness (QED) is 0.897. The van der Waals surface area contributed by atoms with Crippen LogP contribution in [0.1, 0.15) is 32.0 Å². The number of benzene rings is 1. The third-order valence-corrected chi connectivity index (χ3v) is 2.72. The Morgan fingerprint density at radius 2 is 1.86 bits per heavy atom. The third-order valence-electron chi connectivity index (χ3n) is 2.72. The van der Waals surface area contributed by atoms with E-state index in [1.54, 1.807) is 18.3 Å². The lowest BCUT2D eigenvalue weighted by Gasteiger charge is -2.12. The van der Waals surface area contributed by atoms with Gasteiger partial charge < -0.3 is 9.84 Å². The van der Waals surface area contributed by atoms with Crippen LogP contribution in [0.25, 0.3) is 11.1 Å². The zero-order valence-corrected chi connectivity index (χ0v) is 13.7. The monoisotopic (exact) mass is 298 g/mol. The summed E-state index contributed by atoms with van der Waals surface area (Å²) in [6, 6.07) is 8.71. The molecule has 0 amide bonds. The minimum atomic E-state index is 0.121. The number of hydrogen-bond acceptors (Lipinski definition) is 4. The Hall–Kier alpha value is -2.54. The second kappa shape index (κ2) is 8.04. The molecule has 0 aliphatic carbocycles. The summed E-state index contributed by atoms with van der Waals surface area (Å²) in [5, 5.41) is 18.6. The van der Waals surface area contributed by atoms with E-state index in [2.05, 4.69) is 31.8 Å². The molecule has 116 valence electrons. The predicted octanol–water partition coefficient (Wildman–Crippen LogP) is 4.31. The molecule has 1 aromatic carbocycles. The van der Waals surface area contributed by atoms with Gasteiger partial charge in [0.05, 0.1) is 7.11 Å². The molecule has 4 heteroatoms. The van der Waals surface area contributed by atoms with Gasteiger partial charge in [-0.15, -0.1) is 0 Å². The third kappa shape index (κ3) is 4.49. The number of methoxy groups -OCH3 is 1. The minimum Gasteiger partial charge on any atom is -0.508 e. The van der Waals surface area contributed by atoms with Crippen molar-refractivity contribution in [3.63, 3.8) is 0 Å². The molecule has 2 aromatic rings. The van der Waals surface area contributed by atoms with Crippen molar-refractivity contribution in [3.8, 4) is 28.7 Å². The predicted molar refractivity (Wildman–Crippen MR) is 87.9 cm³/mol. The van der Waals surface area contributed by atoms with Crippen LogP contribution in [0.4, 0.5) is 0 Å².